The number of hydrogen-bond acceptors (Lipinski definition) is 4. The summed E-state index contributed by atoms with van der Waals surface area (Å²) < 4.78 is 1.84. The van der Waals surface area contributed by atoms with Crippen LogP contribution in [0.15, 0.2) is 66.7 Å². The van der Waals surface area contributed by atoms with Crippen molar-refractivity contribution in [2.45, 2.75) is 19.3 Å². The molecule has 0 saturated carbocycles. The van der Waals surface area contributed by atoms with Crippen molar-refractivity contribution >= 4 is 40.0 Å². The topological polar surface area (TPSA) is 71.2 Å². The molecule has 0 aliphatic carbocycles. The van der Waals surface area contributed by atoms with Gasteiger partial charge in [0.25, 0.3) is 0 Å². The second kappa shape index (κ2) is 9.69. The van der Waals surface area contributed by atoms with Gasteiger partial charge < -0.3 is 5.11 Å². The van der Waals surface area contributed by atoms with Gasteiger partial charge in [-0.2, -0.15) is 0 Å². The van der Waals surface area contributed by atoms with E-state index in [9.17, 15) is 9.90 Å². The monoisotopic (exact) mass is 468 g/mol. The van der Waals surface area contributed by atoms with Crippen LogP contribution in [-0.2, 0) is 6.42 Å². The van der Waals surface area contributed by atoms with Crippen molar-refractivity contribution in [2.24, 2.45) is 0 Å². The Hall–Kier alpha value is -2.93. The number of benzene rings is 2. The summed E-state index contributed by atoms with van der Waals surface area (Å²) in [6, 6.07) is 21.5. The van der Waals surface area contributed by atoms with E-state index in [4.69, 9.17) is 23.2 Å². The van der Waals surface area contributed by atoms with E-state index in [0.29, 0.717) is 6.42 Å². The molecule has 1 N–H and O–H groups in total. The Balaban J connectivity index is 1.80. The van der Waals surface area contributed by atoms with Gasteiger partial charge in [-0.15, -0.1) is 0 Å². The molecule has 32 heavy (non-hydrogen) atoms. The van der Waals surface area contributed by atoms with Gasteiger partial charge in [-0.3, -0.25) is 9.47 Å². The van der Waals surface area contributed by atoms with Crippen LogP contribution in [0.4, 0.5) is 0 Å². The van der Waals surface area contributed by atoms with Crippen LogP contribution in [0.3, 0.4) is 0 Å². The third-order valence-electron chi connectivity index (χ3n) is 5.29. The molecular weight excluding hydrogens is 447 g/mol. The van der Waals surface area contributed by atoms with E-state index in [1.54, 1.807) is 0 Å². The van der Waals surface area contributed by atoms with Crippen molar-refractivity contribution in [3.63, 3.8) is 0 Å². The minimum Gasteiger partial charge on any atom is -0.394 e. The third-order valence-corrected chi connectivity index (χ3v) is 5.67. The van der Waals surface area contributed by atoms with E-state index < -0.39 is 5.91 Å². The Bertz CT molecular complexity index is 1220. The highest BCUT2D eigenvalue weighted by atomic mass is 35.5. The number of carbonyl (C=O) groups excluding carboxylic acids is 1. The zero-order chi connectivity index (χ0) is 22.7. The lowest BCUT2D eigenvalue weighted by atomic mass is 9.96. The molecule has 2 aromatic carbocycles. The lowest BCUT2D eigenvalue weighted by Gasteiger charge is -2.27. The molecule has 164 valence electrons. The molecule has 4 aromatic rings. The van der Waals surface area contributed by atoms with Crippen LogP contribution in [0.1, 0.15) is 34.7 Å². The van der Waals surface area contributed by atoms with Gasteiger partial charge in [0.2, 0.25) is 5.82 Å². The maximum Gasteiger partial charge on any atom is 0.310 e. The first-order valence-corrected chi connectivity index (χ1v) is 11.0. The first kappa shape index (κ1) is 22.3. The maximum atomic E-state index is 13.4. The van der Waals surface area contributed by atoms with Crippen LogP contribution in [0.25, 0.3) is 10.9 Å². The summed E-state index contributed by atoms with van der Waals surface area (Å²) in [7, 11) is 0. The van der Waals surface area contributed by atoms with Gasteiger partial charge in [-0.05, 0) is 30.0 Å². The summed E-state index contributed by atoms with van der Waals surface area (Å²) >= 11 is 12.0. The second-order valence-corrected chi connectivity index (χ2v) is 8.29. The summed E-state index contributed by atoms with van der Waals surface area (Å²) in [6.45, 7) is 1.97. The number of aromatic nitrogens is 3. The minimum absolute atomic E-state index is 0.0533. The van der Waals surface area contributed by atoms with Gasteiger partial charge in [-0.25, -0.2) is 15.0 Å². The van der Waals surface area contributed by atoms with Crippen molar-refractivity contribution in [1.82, 2.24) is 14.6 Å². The number of halogens is 2. The van der Waals surface area contributed by atoms with Crippen LogP contribution < -0.4 is 5.01 Å². The van der Waals surface area contributed by atoms with Gasteiger partial charge in [0.1, 0.15) is 10.3 Å². The largest absolute Gasteiger partial charge is 0.394 e. The highest BCUT2D eigenvalue weighted by Crippen LogP contribution is 2.27. The van der Waals surface area contributed by atoms with Crippen molar-refractivity contribution in [2.75, 3.05) is 18.2 Å². The van der Waals surface area contributed by atoms with Gasteiger partial charge in [0.15, 0.2) is 0 Å². The Morgan fingerprint density at radius 2 is 1.69 bits per heavy atom. The van der Waals surface area contributed by atoms with E-state index in [1.807, 2.05) is 47.1 Å². The molecule has 0 radical (unpaired) electrons. The Morgan fingerprint density at radius 1 is 1.03 bits per heavy atom. The average molecular weight is 469 g/mol. The SMILES string of the molecule is CC(Cc1cc2ccccc2n1N(CCO)C(=O)c1nc(Cl)cc(Cl)n1)c1ccccc1. The first-order chi connectivity index (χ1) is 15.5. The first-order valence-electron chi connectivity index (χ1n) is 10.3. The zero-order valence-electron chi connectivity index (χ0n) is 17.4. The fourth-order valence-corrected chi connectivity index (χ4v) is 4.25. The van der Waals surface area contributed by atoms with E-state index in [-0.39, 0.29) is 35.2 Å². The highest BCUT2D eigenvalue weighted by Gasteiger charge is 2.25. The van der Waals surface area contributed by atoms with Crippen molar-refractivity contribution in [3.8, 4) is 0 Å². The molecule has 2 aromatic heterocycles. The molecule has 0 aliphatic heterocycles. The standard InChI is InChI=1S/C24H22Cl2N4O2/c1-16(17-7-3-2-4-8-17)13-19-14-18-9-5-6-10-20(18)30(19)29(11-12-31)24(32)23-27-21(25)15-22(26)28-23/h2-10,14-16,31H,11-13H2,1H3. The summed E-state index contributed by atoms with van der Waals surface area (Å²) in [4.78, 5) is 21.5. The number of aliphatic hydroxyl groups excluding tert-OH is 1. The van der Waals surface area contributed by atoms with Gasteiger partial charge in [0, 0.05) is 17.1 Å². The Morgan fingerprint density at radius 3 is 2.38 bits per heavy atom. The number of fused-ring (bicyclic) bond motifs is 1. The van der Waals surface area contributed by atoms with Gasteiger partial charge in [-0.1, -0.05) is 78.7 Å². The van der Waals surface area contributed by atoms with Crippen molar-refractivity contribution < 1.29 is 9.90 Å². The number of amides is 1. The molecule has 8 heteroatoms. The third kappa shape index (κ3) is 4.63. The number of carbonyl (C=O) groups is 1. The quantitative estimate of drug-likeness (QED) is 0.393. The summed E-state index contributed by atoms with van der Waals surface area (Å²) in [5, 5.41) is 12.3. The number of hydrogen-bond donors (Lipinski definition) is 1. The average Bonchev–Trinajstić information content (AvgIpc) is 3.14. The molecule has 0 aliphatic rings. The van der Waals surface area contributed by atoms with Crippen LogP contribution in [0, 0.1) is 0 Å². The molecule has 1 amide bonds. The lowest BCUT2D eigenvalue weighted by molar-refractivity contribution is 0.0940. The minimum atomic E-state index is -0.501. The predicted molar refractivity (Wildman–Crippen MR) is 127 cm³/mol. The van der Waals surface area contributed by atoms with Crippen LogP contribution in [-0.4, -0.2) is 38.8 Å². The normalized spacial score (nSPS) is 12.1. The number of aliphatic hydroxyl groups is 1. The Labute approximate surface area is 196 Å². The summed E-state index contributed by atoms with van der Waals surface area (Å²) in [5.41, 5.74) is 2.98. The molecule has 0 saturated heterocycles. The fraction of sp³-hybridized carbons (Fsp3) is 0.208. The van der Waals surface area contributed by atoms with Crippen molar-refractivity contribution in [3.05, 3.63) is 94.1 Å². The zero-order valence-corrected chi connectivity index (χ0v) is 19.0. The highest BCUT2D eigenvalue weighted by molar-refractivity contribution is 6.33. The van der Waals surface area contributed by atoms with E-state index in [1.165, 1.54) is 16.6 Å². The molecule has 0 bridgehead atoms. The predicted octanol–water partition coefficient (Wildman–Crippen LogP) is 4.86. The Kier molecular flexibility index (Phi) is 6.74. The second-order valence-electron chi connectivity index (χ2n) is 7.51. The van der Waals surface area contributed by atoms with Crippen LogP contribution in [0.2, 0.25) is 10.3 Å². The molecular formula is C24H22Cl2N4O2. The van der Waals surface area contributed by atoms with E-state index in [0.717, 1.165) is 16.6 Å². The van der Waals surface area contributed by atoms with Crippen LogP contribution in [0.5, 0.6) is 0 Å². The molecule has 2 heterocycles. The van der Waals surface area contributed by atoms with Gasteiger partial charge >= 0.3 is 5.91 Å². The van der Waals surface area contributed by atoms with Crippen molar-refractivity contribution in [1.29, 1.82) is 0 Å². The molecule has 1 unspecified atom stereocenters. The van der Waals surface area contributed by atoms with Crippen LogP contribution >= 0.6 is 23.2 Å². The molecule has 6 nitrogen and oxygen atoms in total. The number of para-hydroxylation sites is 1. The fourth-order valence-electron chi connectivity index (χ4n) is 3.83. The molecule has 4 rings (SSSR count). The summed E-state index contributed by atoms with van der Waals surface area (Å²) in [6.07, 6.45) is 0.686. The van der Waals surface area contributed by atoms with E-state index >= 15 is 0 Å². The molecule has 0 fully saturated rings. The van der Waals surface area contributed by atoms with E-state index in [2.05, 4.69) is 35.1 Å². The number of nitrogens with zero attached hydrogens (tertiary/aromatic N) is 4. The smallest absolute Gasteiger partial charge is 0.310 e. The molecule has 1 atom stereocenters. The number of rotatable bonds is 7. The maximum absolute atomic E-state index is 13.4. The lowest BCUT2D eigenvalue weighted by Crippen LogP contribution is -2.44. The summed E-state index contributed by atoms with van der Waals surface area (Å²) in [5.74, 6) is -0.420. The molecule has 0 spiro atoms. The van der Waals surface area contributed by atoms with Gasteiger partial charge in [0.05, 0.1) is 18.7 Å².